The molecule has 2 rings (SSSR count). The third-order valence-electron chi connectivity index (χ3n) is 3.41. The van der Waals surface area contributed by atoms with Crippen LogP contribution in [0.15, 0.2) is 28.7 Å². The summed E-state index contributed by atoms with van der Waals surface area (Å²) in [4.78, 5) is 25.0. The number of rotatable bonds is 3. The van der Waals surface area contributed by atoms with Crippen LogP contribution in [0.1, 0.15) is 19.3 Å². The van der Waals surface area contributed by atoms with Gasteiger partial charge in [-0.2, -0.15) is 0 Å². The number of para-hydroxylation sites is 1. The molecule has 0 spiro atoms. The van der Waals surface area contributed by atoms with Gasteiger partial charge in [0.1, 0.15) is 0 Å². The maximum Gasteiger partial charge on any atom is 0.321 e. The topological polar surface area (TPSA) is 75.4 Å². The number of piperidine rings is 1. The van der Waals surface area contributed by atoms with E-state index in [9.17, 15) is 9.59 Å². The SMILES string of the molecule is NC(=O)CC1CCCN(C(=O)Nc2ccccc2Br)C1. The van der Waals surface area contributed by atoms with E-state index in [1.54, 1.807) is 4.90 Å². The highest BCUT2D eigenvalue weighted by molar-refractivity contribution is 9.10. The summed E-state index contributed by atoms with van der Waals surface area (Å²) in [6.45, 7) is 1.30. The normalized spacial score (nSPS) is 18.6. The number of carbonyl (C=O) groups is 2. The molecule has 0 bridgehead atoms. The number of nitrogens with one attached hydrogen (secondary N) is 1. The number of halogens is 1. The quantitative estimate of drug-likeness (QED) is 0.887. The summed E-state index contributed by atoms with van der Waals surface area (Å²) in [5.41, 5.74) is 5.97. The molecule has 1 aliphatic heterocycles. The van der Waals surface area contributed by atoms with Crippen molar-refractivity contribution in [2.75, 3.05) is 18.4 Å². The Balaban J connectivity index is 1.95. The lowest BCUT2D eigenvalue weighted by Gasteiger charge is -2.32. The molecular formula is C14H18BrN3O2. The molecule has 1 aromatic carbocycles. The van der Waals surface area contributed by atoms with Gasteiger partial charge in [0.15, 0.2) is 0 Å². The summed E-state index contributed by atoms with van der Waals surface area (Å²) in [6, 6.07) is 7.34. The first-order valence-electron chi connectivity index (χ1n) is 6.65. The molecule has 0 radical (unpaired) electrons. The number of primary amides is 1. The van der Waals surface area contributed by atoms with E-state index in [2.05, 4.69) is 21.2 Å². The number of urea groups is 1. The van der Waals surface area contributed by atoms with E-state index in [0.717, 1.165) is 23.0 Å². The maximum absolute atomic E-state index is 12.2. The van der Waals surface area contributed by atoms with Crippen LogP contribution < -0.4 is 11.1 Å². The molecule has 1 aliphatic rings. The van der Waals surface area contributed by atoms with Crippen LogP contribution in [0.25, 0.3) is 0 Å². The third-order valence-corrected chi connectivity index (χ3v) is 4.10. The maximum atomic E-state index is 12.2. The zero-order valence-electron chi connectivity index (χ0n) is 11.1. The number of nitrogens with zero attached hydrogens (tertiary/aromatic N) is 1. The molecule has 20 heavy (non-hydrogen) atoms. The van der Waals surface area contributed by atoms with Crippen molar-refractivity contribution in [2.45, 2.75) is 19.3 Å². The zero-order valence-corrected chi connectivity index (χ0v) is 12.7. The highest BCUT2D eigenvalue weighted by atomic mass is 79.9. The fraction of sp³-hybridized carbons (Fsp3) is 0.429. The molecule has 3 amide bonds. The first kappa shape index (κ1) is 14.8. The van der Waals surface area contributed by atoms with E-state index in [4.69, 9.17) is 5.73 Å². The Bertz CT molecular complexity index is 507. The minimum atomic E-state index is -0.303. The molecule has 0 aliphatic carbocycles. The van der Waals surface area contributed by atoms with Gasteiger partial charge < -0.3 is 16.0 Å². The summed E-state index contributed by atoms with van der Waals surface area (Å²) in [6.07, 6.45) is 2.20. The standard InChI is InChI=1S/C14H18BrN3O2/c15-11-5-1-2-6-12(11)17-14(20)18-7-3-4-10(9-18)8-13(16)19/h1-2,5-6,10H,3-4,7-9H2,(H2,16,19)(H,17,20). The minimum absolute atomic E-state index is 0.133. The van der Waals surface area contributed by atoms with Gasteiger partial charge in [-0.1, -0.05) is 12.1 Å². The van der Waals surface area contributed by atoms with Crippen molar-refractivity contribution in [3.8, 4) is 0 Å². The van der Waals surface area contributed by atoms with Crippen LogP contribution in [0.4, 0.5) is 10.5 Å². The van der Waals surface area contributed by atoms with Crippen molar-refractivity contribution < 1.29 is 9.59 Å². The fourth-order valence-corrected chi connectivity index (χ4v) is 2.84. The van der Waals surface area contributed by atoms with Gasteiger partial charge in [-0.3, -0.25) is 4.79 Å². The number of hydrogen-bond acceptors (Lipinski definition) is 2. The molecule has 0 aromatic heterocycles. The molecule has 1 atom stereocenters. The Morgan fingerprint density at radius 1 is 1.40 bits per heavy atom. The second-order valence-electron chi connectivity index (χ2n) is 5.03. The van der Waals surface area contributed by atoms with Gasteiger partial charge in [0.05, 0.1) is 5.69 Å². The first-order chi connectivity index (χ1) is 9.56. The predicted octanol–water partition coefficient (Wildman–Crippen LogP) is 2.57. The fourth-order valence-electron chi connectivity index (χ4n) is 2.46. The Morgan fingerprint density at radius 3 is 2.85 bits per heavy atom. The molecule has 3 N–H and O–H groups in total. The van der Waals surface area contributed by atoms with E-state index in [1.165, 1.54) is 0 Å². The van der Waals surface area contributed by atoms with Crippen LogP contribution in [0.5, 0.6) is 0 Å². The summed E-state index contributed by atoms with van der Waals surface area (Å²) >= 11 is 3.40. The van der Waals surface area contributed by atoms with Crippen molar-refractivity contribution in [1.82, 2.24) is 4.90 Å². The Morgan fingerprint density at radius 2 is 2.15 bits per heavy atom. The number of likely N-dealkylation sites (tertiary alicyclic amines) is 1. The molecule has 1 saturated heterocycles. The van der Waals surface area contributed by atoms with E-state index in [-0.39, 0.29) is 17.9 Å². The van der Waals surface area contributed by atoms with Crippen LogP contribution >= 0.6 is 15.9 Å². The number of hydrogen-bond donors (Lipinski definition) is 2. The van der Waals surface area contributed by atoms with Gasteiger partial charge in [0, 0.05) is 24.0 Å². The smallest absolute Gasteiger partial charge is 0.321 e. The van der Waals surface area contributed by atoms with Gasteiger partial charge in [-0.15, -0.1) is 0 Å². The van der Waals surface area contributed by atoms with Crippen LogP contribution in [0, 0.1) is 5.92 Å². The number of benzene rings is 1. The van der Waals surface area contributed by atoms with Crippen LogP contribution in [-0.4, -0.2) is 29.9 Å². The number of carbonyl (C=O) groups excluding carboxylic acids is 2. The van der Waals surface area contributed by atoms with Crippen LogP contribution in [0.2, 0.25) is 0 Å². The van der Waals surface area contributed by atoms with Crippen molar-refractivity contribution in [3.63, 3.8) is 0 Å². The van der Waals surface area contributed by atoms with Gasteiger partial charge in [-0.25, -0.2) is 4.79 Å². The van der Waals surface area contributed by atoms with Crippen LogP contribution in [-0.2, 0) is 4.79 Å². The highest BCUT2D eigenvalue weighted by Crippen LogP contribution is 2.23. The molecule has 1 heterocycles. The molecule has 108 valence electrons. The minimum Gasteiger partial charge on any atom is -0.370 e. The van der Waals surface area contributed by atoms with Gasteiger partial charge in [0.25, 0.3) is 0 Å². The number of amides is 3. The lowest BCUT2D eigenvalue weighted by molar-refractivity contribution is -0.119. The molecule has 6 heteroatoms. The molecule has 1 aromatic rings. The second-order valence-corrected chi connectivity index (χ2v) is 5.89. The molecule has 5 nitrogen and oxygen atoms in total. The Kier molecular flexibility index (Phi) is 5.00. The average Bonchev–Trinajstić information content (AvgIpc) is 2.41. The lowest BCUT2D eigenvalue weighted by atomic mass is 9.95. The zero-order chi connectivity index (χ0) is 14.5. The highest BCUT2D eigenvalue weighted by Gasteiger charge is 2.24. The van der Waals surface area contributed by atoms with E-state index in [0.29, 0.717) is 19.5 Å². The first-order valence-corrected chi connectivity index (χ1v) is 7.44. The number of nitrogens with two attached hydrogens (primary N) is 1. The van der Waals surface area contributed by atoms with Crippen molar-refractivity contribution in [3.05, 3.63) is 28.7 Å². The van der Waals surface area contributed by atoms with Crippen molar-refractivity contribution in [1.29, 1.82) is 0 Å². The second kappa shape index (κ2) is 6.74. The van der Waals surface area contributed by atoms with E-state index in [1.807, 2.05) is 24.3 Å². The average molecular weight is 340 g/mol. The molecule has 1 unspecified atom stereocenters. The van der Waals surface area contributed by atoms with Crippen LogP contribution in [0.3, 0.4) is 0 Å². The predicted molar refractivity (Wildman–Crippen MR) is 81.3 cm³/mol. The monoisotopic (exact) mass is 339 g/mol. The van der Waals surface area contributed by atoms with E-state index < -0.39 is 0 Å². The summed E-state index contributed by atoms with van der Waals surface area (Å²) in [7, 11) is 0. The number of anilines is 1. The molecular weight excluding hydrogens is 322 g/mol. The summed E-state index contributed by atoms with van der Waals surface area (Å²) in [5, 5.41) is 2.88. The summed E-state index contributed by atoms with van der Waals surface area (Å²) in [5.74, 6) is -0.130. The molecule has 1 fully saturated rings. The van der Waals surface area contributed by atoms with Gasteiger partial charge >= 0.3 is 6.03 Å². The third kappa shape index (κ3) is 3.96. The molecule has 0 saturated carbocycles. The van der Waals surface area contributed by atoms with Crippen molar-refractivity contribution in [2.24, 2.45) is 11.7 Å². The van der Waals surface area contributed by atoms with Gasteiger partial charge in [-0.05, 0) is 46.8 Å². The van der Waals surface area contributed by atoms with E-state index >= 15 is 0 Å². The summed E-state index contributed by atoms with van der Waals surface area (Å²) < 4.78 is 0.846. The Hall–Kier alpha value is -1.56. The largest absolute Gasteiger partial charge is 0.370 e. The van der Waals surface area contributed by atoms with Crippen molar-refractivity contribution >= 4 is 33.6 Å². The van der Waals surface area contributed by atoms with Gasteiger partial charge in [0.2, 0.25) is 5.91 Å². The Labute approximate surface area is 126 Å². The lowest BCUT2D eigenvalue weighted by Crippen LogP contribution is -2.43.